The fourth-order valence-electron chi connectivity index (χ4n) is 1.79. The van der Waals surface area contributed by atoms with Crippen molar-refractivity contribution in [1.82, 2.24) is 0 Å². The summed E-state index contributed by atoms with van der Waals surface area (Å²) in [6.45, 7) is 3.39. The Hall–Kier alpha value is -1.14. The molecule has 2 atom stereocenters. The SMILES string of the molecule is CCC[C@](O)(C(N)=O)[C@](O)(CCC)C(N)=O. The van der Waals surface area contributed by atoms with Gasteiger partial charge in [-0.05, 0) is 12.8 Å². The van der Waals surface area contributed by atoms with Gasteiger partial charge in [0.25, 0.3) is 11.8 Å². The predicted molar refractivity (Wildman–Crippen MR) is 58.1 cm³/mol. The second-order valence-electron chi connectivity index (χ2n) is 3.95. The fraction of sp³-hybridized carbons (Fsp3) is 0.800. The average molecular weight is 232 g/mol. The Kier molecular flexibility index (Phi) is 4.89. The molecule has 0 bridgehead atoms. The molecule has 0 radical (unpaired) electrons. The van der Waals surface area contributed by atoms with E-state index in [-0.39, 0.29) is 12.8 Å². The zero-order valence-corrected chi connectivity index (χ0v) is 9.69. The Balaban J connectivity index is 5.43. The average Bonchev–Trinajstić information content (AvgIpc) is 2.17. The summed E-state index contributed by atoms with van der Waals surface area (Å²) >= 11 is 0. The summed E-state index contributed by atoms with van der Waals surface area (Å²) in [5.41, 5.74) is 5.51. The van der Waals surface area contributed by atoms with E-state index in [1.54, 1.807) is 13.8 Å². The van der Waals surface area contributed by atoms with E-state index < -0.39 is 23.0 Å². The standard InChI is InChI=1S/C10H20N2O4/c1-3-5-9(15,7(11)13)10(16,6-4-2)8(12)14/h15-16H,3-6H2,1-2H3,(H2,11,13)(H2,12,14)/t9-,10-/m0/s1. The van der Waals surface area contributed by atoms with Crippen LogP contribution in [0, 0.1) is 0 Å². The molecule has 2 amide bonds. The van der Waals surface area contributed by atoms with Crippen LogP contribution in [0.15, 0.2) is 0 Å². The maximum absolute atomic E-state index is 11.2. The first-order chi connectivity index (χ1) is 7.26. The normalized spacial score (nSPS) is 18.5. The second kappa shape index (κ2) is 5.27. The van der Waals surface area contributed by atoms with E-state index in [9.17, 15) is 19.8 Å². The number of hydrogen-bond donors (Lipinski definition) is 4. The van der Waals surface area contributed by atoms with E-state index in [1.165, 1.54) is 0 Å². The lowest BCUT2D eigenvalue weighted by Gasteiger charge is -2.38. The first-order valence-electron chi connectivity index (χ1n) is 5.30. The molecule has 94 valence electrons. The molecule has 0 heterocycles. The molecule has 0 spiro atoms. The van der Waals surface area contributed by atoms with Gasteiger partial charge in [0, 0.05) is 0 Å². The lowest BCUT2D eigenvalue weighted by atomic mass is 9.75. The quantitative estimate of drug-likeness (QED) is 0.450. The monoisotopic (exact) mass is 232 g/mol. The van der Waals surface area contributed by atoms with Gasteiger partial charge in [-0.3, -0.25) is 9.59 Å². The largest absolute Gasteiger partial charge is 0.377 e. The Morgan fingerprint density at radius 2 is 1.19 bits per heavy atom. The summed E-state index contributed by atoms with van der Waals surface area (Å²) in [5.74, 6) is -2.27. The maximum atomic E-state index is 11.2. The van der Waals surface area contributed by atoms with Crippen molar-refractivity contribution in [2.24, 2.45) is 11.5 Å². The van der Waals surface area contributed by atoms with Gasteiger partial charge >= 0.3 is 0 Å². The minimum Gasteiger partial charge on any atom is -0.377 e. The van der Waals surface area contributed by atoms with Gasteiger partial charge in [0.15, 0.2) is 11.2 Å². The van der Waals surface area contributed by atoms with Crippen molar-refractivity contribution in [3.63, 3.8) is 0 Å². The third-order valence-electron chi connectivity index (χ3n) is 2.72. The van der Waals surface area contributed by atoms with Gasteiger partial charge in [-0.15, -0.1) is 0 Å². The van der Waals surface area contributed by atoms with Crippen LogP contribution in [0.25, 0.3) is 0 Å². The van der Waals surface area contributed by atoms with E-state index >= 15 is 0 Å². The highest BCUT2D eigenvalue weighted by molar-refractivity contribution is 5.95. The minimum atomic E-state index is -2.30. The van der Waals surface area contributed by atoms with Crippen molar-refractivity contribution in [3.8, 4) is 0 Å². The van der Waals surface area contributed by atoms with Crippen LogP contribution in [-0.4, -0.2) is 33.2 Å². The molecular weight excluding hydrogens is 212 g/mol. The summed E-state index contributed by atoms with van der Waals surface area (Å²) in [4.78, 5) is 22.5. The Bertz CT molecular complexity index is 254. The molecule has 6 nitrogen and oxygen atoms in total. The van der Waals surface area contributed by atoms with Gasteiger partial charge in [-0.25, -0.2) is 0 Å². The summed E-state index contributed by atoms with van der Waals surface area (Å²) < 4.78 is 0. The molecule has 0 unspecified atom stereocenters. The van der Waals surface area contributed by atoms with Gasteiger partial charge in [0.05, 0.1) is 0 Å². The molecule has 0 aliphatic rings. The highest BCUT2D eigenvalue weighted by Gasteiger charge is 2.56. The molecule has 0 saturated carbocycles. The van der Waals surface area contributed by atoms with Crippen molar-refractivity contribution >= 4 is 11.8 Å². The van der Waals surface area contributed by atoms with E-state index in [4.69, 9.17) is 11.5 Å². The van der Waals surface area contributed by atoms with Crippen molar-refractivity contribution in [2.45, 2.75) is 50.7 Å². The number of hydrogen-bond acceptors (Lipinski definition) is 4. The first kappa shape index (κ1) is 14.9. The third-order valence-corrected chi connectivity index (χ3v) is 2.72. The first-order valence-corrected chi connectivity index (χ1v) is 5.30. The molecule has 6 N–H and O–H groups in total. The van der Waals surface area contributed by atoms with E-state index in [0.29, 0.717) is 12.8 Å². The zero-order chi connectivity index (χ0) is 13.0. The van der Waals surface area contributed by atoms with Crippen LogP contribution in [0.2, 0.25) is 0 Å². The number of rotatable bonds is 7. The van der Waals surface area contributed by atoms with Crippen LogP contribution < -0.4 is 11.5 Å². The lowest BCUT2D eigenvalue weighted by Crippen LogP contribution is -2.67. The van der Waals surface area contributed by atoms with Crippen LogP contribution in [0.5, 0.6) is 0 Å². The fourth-order valence-corrected chi connectivity index (χ4v) is 1.79. The van der Waals surface area contributed by atoms with Crippen molar-refractivity contribution in [1.29, 1.82) is 0 Å². The number of aliphatic hydroxyl groups is 2. The Morgan fingerprint density at radius 3 is 1.31 bits per heavy atom. The Morgan fingerprint density at radius 1 is 0.938 bits per heavy atom. The smallest absolute Gasteiger partial charge is 0.252 e. The number of primary amides is 2. The molecule has 0 aliphatic heterocycles. The minimum absolute atomic E-state index is 0.109. The summed E-state index contributed by atoms with van der Waals surface area (Å²) in [5, 5.41) is 20.2. The van der Waals surface area contributed by atoms with Crippen LogP contribution in [0.4, 0.5) is 0 Å². The topological polar surface area (TPSA) is 127 Å². The molecule has 16 heavy (non-hydrogen) atoms. The second-order valence-corrected chi connectivity index (χ2v) is 3.95. The van der Waals surface area contributed by atoms with E-state index in [0.717, 1.165) is 0 Å². The molecule has 0 rings (SSSR count). The van der Waals surface area contributed by atoms with Crippen LogP contribution >= 0.6 is 0 Å². The highest BCUT2D eigenvalue weighted by atomic mass is 16.4. The van der Waals surface area contributed by atoms with Crippen molar-refractivity contribution in [3.05, 3.63) is 0 Å². The number of carbonyl (C=O) groups is 2. The Labute approximate surface area is 94.6 Å². The summed E-state index contributed by atoms with van der Waals surface area (Å²) in [7, 11) is 0. The van der Waals surface area contributed by atoms with Gasteiger partial charge in [-0.1, -0.05) is 26.7 Å². The van der Waals surface area contributed by atoms with Gasteiger partial charge < -0.3 is 21.7 Å². The van der Waals surface area contributed by atoms with E-state index in [1.807, 2.05) is 0 Å². The predicted octanol–water partition coefficient (Wildman–Crippen LogP) is -0.981. The van der Waals surface area contributed by atoms with Gasteiger partial charge in [-0.2, -0.15) is 0 Å². The van der Waals surface area contributed by atoms with Crippen molar-refractivity contribution in [2.75, 3.05) is 0 Å². The molecular formula is C10H20N2O4. The number of carbonyl (C=O) groups excluding carboxylic acids is 2. The lowest BCUT2D eigenvalue weighted by molar-refractivity contribution is -0.185. The molecule has 0 aromatic rings. The van der Waals surface area contributed by atoms with Crippen LogP contribution in [-0.2, 0) is 9.59 Å². The molecule has 0 fully saturated rings. The molecule has 0 aliphatic carbocycles. The number of amides is 2. The highest BCUT2D eigenvalue weighted by Crippen LogP contribution is 2.31. The molecule has 0 saturated heterocycles. The summed E-state index contributed by atoms with van der Waals surface area (Å²) in [6, 6.07) is 0. The van der Waals surface area contributed by atoms with Gasteiger partial charge in [0.1, 0.15) is 0 Å². The zero-order valence-electron chi connectivity index (χ0n) is 9.69. The van der Waals surface area contributed by atoms with Gasteiger partial charge in [0.2, 0.25) is 0 Å². The van der Waals surface area contributed by atoms with E-state index in [2.05, 4.69) is 0 Å². The van der Waals surface area contributed by atoms with Crippen molar-refractivity contribution < 1.29 is 19.8 Å². The van der Waals surface area contributed by atoms with Crippen LogP contribution in [0.3, 0.4) is 0 Å². The number of nitrogens with two attached hydrogens (primary N) is 2. The third kappa shape index (κ3) is 2.33. The van der Waals surface area contributed by atoms with Crippen LogP contribution in [0.1, 0.15) is 39.5 Å². The molecule has 0 aromatic carbocycles. The molecule has 6 heteroatoms. The summed E-state index contributed by atoms with van der Waals surface area (Å²) in [6.07, 6.45) is 0.557. The molecule has 0 aromatic heterocycles. The maximum Gasteiger partial charge on any atom is 0.252 e.